The van der Waals surface area contributed by atoms with E-state index < -0.39 is 28.6 Å². The maximum Gasteiger partial charge on any atom is 0.408 e. The van der Waals surface area contributed by atoms with Crippen LogP contribution in [-0.2, 0) is 20.8 Å². The molecule has 1 aromatic heterocycles. The summed E-state index contributed by atoms with van der Waals surface area (Å²) in [6, 6.07) is 10.3. The molecule has 1 fully saturated rings. The Morgan fingerprint density at radius 1 is 1.16 bits per heavy atom. The number of carbonyl (C=O) groups excluding carboxylic acids is 2. The molecule has 2 heterocycles. The SMILES string of the molecule is CC(C)(C)OC(=O)NC1(COC(=O)c2occc(=O)c2OCc2ccccc2)CCOC1. The van der Waals surface area contributed by atoms with Crippen molar-refractivity contribution < 1.29 is 33.0 Å². The van der Waals surface area contributed by atoms with Gasteiger partial charge in [-0.3, -0.25) is 4.79 Å². The maximum absolute atomic E-state index is 12.7. The van der Waals surface area contributed by atoms with Crippen LogP contribution in [0.25, 0.3) is 0 Å². The Labute approximate surface area is 185 Å². The van der Waals surface area contributed by atoms with Crippen LogP contribution in [-0.4, -0.2) is 43.0 Å². The van der Waals surface area contributed by atoms with Crippen LogP contribution in [0.2, 0.25) is 0 Å². The number of ether oxygens (including phenoxy) is 4. The molecule has 1 saturated heterocycles. The lowest BCUT2D eigenvalue weighted by molar-refractivity contribution is 0.0190. The standard InChI is InChI=1S/C23H27NO8/c1-22(2,3)32-21(27)24-23(10-12-28-14-23)15-31-20(26)19-18(17(25)9-11-29-19)30-13-16-7-5-4-6-8-16/h4-9,11H,10,12-15H2,1-3H3,(H,24,27). The summed E-state index contributed by atoms with van der Waals surface area (Å²) in [7, 11) is 0. The van der Waals surface area contributed by atoms with E-state index in [0.717, 1.165) is 17.9 Å². The fourth-order valence-electron chi connectivity index (χ4n) is 3.06. The van der Waals surface area contributed by atoms with Crippen molar-refractivity contribution in [2.75, 3.05) is 19.8 Å². The van der Waals surface area contributed by atoms with Crippen molar-refractivity contribution in [1.82, 2.24) is 5.32 Å². The van der Waals surface area contributed by atoms with E-state index in [1.807, 2.05) is 30.3 Å². The first-order chi connectivity index (χ1) is 15.2. The minimum Gasteiger partial charge on any atom is -0.481 e. The second-order valence-electron chi connectivity index (χ2n) is 8.50. The summed E-state index contributed by atoms with van der Waals surface area (Å²) < 4.78 is 26.9. The lowest BCUT2D eigenvalue weighted by atomic mass is 10.0. The molecule has 9 nitrogen and oxygen atoms in total. The van der Waals surface area contributed by atoms with Crippen LogP contribution >= 0.6 is 0 Å². The Hall–Kier alpha value is -3.33. The van der Waals surface area contributed by atoms with Crippen molar-refractivity contribution in [3.05, 3.63) is 64.2 Å². The fourth-order valence-corrected chi connectivity index (χ4v) is 3.06. The Kier molecular flexibility index (Phi) is 7.19. The third kappa shape index (κ3) is 6.34. The van der Waals surface area contributed by atoms with Gasteiger partial charge in [0.1, 0.15) is 24.4 Å². The number of hydrogen-bond acceptors (Lipinski definition) is 8. The van der Waals surface area contributed by atoms with Crippen molar-refractivity contribution in [1.29, 1.82) is 0 Å². The van der Waals surface area contributed by atoms with E-state index in [2.05, 4.69) is 5.32 Å². The molecule has 2 aromatic rings. The molecule has 1 aliphatic heterocycles. The molecule has 9 heteroatoms. The zero-order valence-corrected chi connectivity index (χ0v) is 18.3. The summed E-state index contributed by atoms with van der Waals surface area (Å²) in [5.41, 5.74) is -1.32. The lowest BCUT2D eigenvalue weighted by Gasteiger charge is -2.29. The van der Waals surface area contributed by atoms with Crippen LogP contribution in [0.4, 0.5) is 4.79 Å². The minimum absolute atomic E-state index is 0.0773. The first-order valence-electron chi connectivity index (χ1n) is 10.2. The summed E-state index contributed by atoms with van der Waals surface area (Å²) in [6.07, 6.45) is 0.884. The van der Waals surface area contributed by atoms with Crippen LogP contribution < -0.4 is 15.5 Å². The molecule has 0 bridgehead atoms. The summed E-state index contributed by atoms with van der Waals surface area (Å²) in [5, 5.41) is 2.74. The topological polar surface area (TPSA) is 113 Å². The molecule has 1 amide bonds. The van der Waals surface area contributed by atoms with Gasteiger partial charge in [-0.25, -0.2) is 9.59 Å². The normalized spacial score (nSPS) is 18.1. The average Bonchev–Trinajstić information content (AvgIpc) is 3.18. The number of alkyl carbamates (subject to hydrolysis) is 1. The number of amides is 1. The van der Waals surface area contributed by atoms with Gasteiger partial charge < -0.3 is 28.7 Å². The molecule has 0 aliphatic carbocycles. The summed E-state index contributed by atoms with van der Waals surface area (Å²) in [4.78, 5) is 37.2. The minimum atomic E-state index is -0.946. The molecule has 1 aromatic carbocycles. The molecule has 0 radical (unpaired) electrons. The number of rotatable bonds is 7. The Balaban J connectivity index is 1.69. The monoisotopic (exact) mass is 445 g/mol. The van der Waals surface area contributed by atoms with Gasteiger partial charge in [0.2, 0.25) is 11.2 Å². The van der Waals surface area contributed by atoms with Crippen LogP contribution in [0, 0.1) is 0 Å². The van der Waals surface area contributed by atoms with Crippen LogP contribution in [0.5, 0.6) is 5.75 Å². The van der Waals surface area contributed by atoms with E-state index in [4.69, 9.17) is 23.4 Å². The molecular formula is C23H27NO8. The molecule has 172 valence electrons. The third-order valence-electron chi connectivity index (χ3n) is 4.60. The molecule has 3 rings (SSSR count). The van der Waals surface area contributed by atoms with Crippen molar-refractivity contribution in [3.8, 4) is 5.75 Å². The van der Waals surface area contributed by atoms with Gasteiger partial charge in [0.05, 0.1) is 12.9 Å². The van der Waals surface area contributed by atoms with Gasteiger partial charge in [-0.15, -0.1) is 0 Å². The predicted molar refractivity (Wildman–Crippen MR) is 114 cm³/mol. The van der Waals surface area contributed by atoms with Gasteiger partial charge in [-0.1, -0.05) is 30.3 Å². The highest BCUT2D eigenvalue weighted by atomic mass is 16.6. The van der Waals surface area contributed by atoms with Gasteiger partial charge >= 0.3 is 12.1 Å². The quantitative estimate of drug-likeness (QED) is 0.647. The Bertz CT molecular complexity index is 987. The lowest BCUT2D eigenvalue weighted by Crippen LogP contribution is -2.54. The highest BCUT2D eigenvalue weighted by molar-refractivity contribution is 5.89. The van der Waals surface area contributed by atoms with E-state index >= 15 is 0 Å². The molecule has 1 atom stereocenters. The maximum atomic E-state index is 12.7. The van der Waals surface area contributed by atoms with Crippen molar-refractivity contribution >= 4 is 12.1 Å². The third-order valence-corrected chi connectivity index (χ3v) is 4.60. The molecule has 0 saturated carbocycles. The van der Waals surface area contributed by atoms with E-state index in [9.17, 15) is 14.4 Å². The Morgan fingerprint density at radius 3 is 2.56 bits per heavy atom. The zero-order valence-electron chi connectivity index (χ0n) is 18.3. The van der Waals surface area contributed by atoms with E-state index in [0.29, 0.717) is 13.0 Å². The first kappa shape index (κ1) is 23.3. The van der Waals surface area contributed by atoms with Gasteiger partial charge in [0, 0.05) is 12.7 Å². The number of nitrogens with one attached hydrogen (secondary N) is 1. The molecular weight excluding hydrogens is 418 g/mol. The highest BCUT2D eigenvalue weighted by Crippen LogP contribution is 2.22. The van der Waals surface area contributed by atoms with E-state index in [1.54, 1.807) is 20.8 Å². The fraction of sp³-hybridized carbons (Fsp3) is 0.435. The summed E-state index contributed by atoms with van der Waals surface area (Å²) >= 11 is 0. The summed E-state index contributed by atoms with van der Waals surface area (Å²) in [5.74, 6) is -1.47. The number of carbonyl (C=O) groups is 2. The highest BCUT2D eigenvalue weighted by Gasteiger charge is 2.40. The smallest absolute Gasteiger partial charge is 0.408 e. The van der Waals surface area contributed by atoms with Gasteiger partial charge in [0.15, 0.2) is 0 Å². The number of benzene rings is 1. The largest absolute Gasteiger partial charge is 0.481 e. The molecule has 1 N–H and O–H groups in total. The van der Waals surface area contributed by atoms with Crippen molar-refractivity contribution in [2.24, 2.45) is 0 Å². The van der Waals surface area contributed by atoms with Crippen LogP contribution in [0.3, 0.4) is 0 Å². The van der Waals surface area contributed by atoms with Gasteiger partial charge in [0.25, 0.3) is 5.76 Å². The predicted octanol–water partition coefficient (Wildman–Crippen LogP) is 3.06. The van der Waals surface area contributed by atoms with Gasteiger partial charge in [-0.2, -0.15) is 0 Å². The zero-order chi connectivity index (χ0) is 23.2. The van der Waals surface area contributed by atoms with Gasteiger partial charge in [-0.05, 0) is 32.8 Å². The second kappa shape index (κ2) is 9.86. The number of esters is 1. The average molecular weight is 445 g/mol. The molecule has 32 heavy (non-hydrogen) atoms. The molecule has 1 unspecified atom stereocenters. The van der Waals surface area contributed by atoms with Crippen molar-refractivity contribution in [2.45, 2.75) is 44.9 Å². The second-order valence-corrected chi connectivity index (χ2v) is 8.50. The molecule has 0 spiro atoms. The summed E-state index contributed by atoms with van der Waals surface area (Å²) in [6.45, 7) is 5.67. The van der Waals surface area contributed by atoms with E-state index in [-0.39, 0.29) is 31.3 Å². The van der Waals surface area contributed by atoms with Crippen LogP contribution in [0.15, 0.2) is 51.9 Å². The number of hydrogen-bond donors (Lipinski definition) is 1. The first-order valence-corrected chi connectivity index (χ1v) is 10.2. The van der Waals surface area contributed by atoms with Crippen molar-refractivity contribution in [3.63, 3.8) is 0 Å². The van der Waals surface area contributed by atoms with Crippen LogP contribution in [0.1, 0.15) is 43.3 Å². The van der Waals surface area contributed by atoms with E-state index in [1.165, 1.54) is 0 Å². The molecule has 1 aliphatic rings. The Morgan fingerprint density at radius 2 is 1.91 bits per heavy atom.